The first-order valence-electron chi connectivity index (χ1n) is 9.29. The molecule has 0 saturated heterocycles. The average molecular weight is 398 g/mol. The van der Waals surface area contributed by atoms with Crippen LogP contribution < -0.4 is 10.9 Å². The van der Waals surface area contributed by atoms with Crippen molar-refractivity contribution in [2.75, 3.05) is 5.32 Å². The van der Waals surface area contributed by atoms with E-state index in [9.17, 15) is 9.59 Å². The molecule has 5 rings (SSSR count). The van der Waals surface area contributed by atoms with Crippen molar-refractivity contribution in [2.45, 2.75) is 48.9 Å². The summed E-state index contributed by atoms with van der Waals surface area (Å²) in [6.45, 7) is 0. The summed E-state index contributed by atoms with van der Waals surface area (Å²) in [7, 11) is 0. The molecular formula is C20H19N3O2S2. The smallest absolute Gasteiger partial charge is 0.260 e. The molecule has 2 aliphatic rings. The van der Waals surface area contributed by atoms with Gasteiger partial charge in [-0.25, -0.2) is 4.98 Å². The molecule has 3 aromatic rings. The van der Waals surface area contributed by atoms with Crippen LogP contribution in [0.1, 0.15) is 35.3 Å². The number of aryl methyl sites for hydroxylation is 3. The van der Waals surface area contributed by atoms with Crippen LogP contribution in [0.5, 0.6) is 0 Å². The van der Waals surface area contributed by atoms with Gasteiger partial charge in [0.15, 0.2) is 5.16 Å². The van der Waals surface area contributed by atoms with E-state index in [0.717, 1.165) is 53.6 Å². The van der Waals surface area contributed by atoms with E-state index in [-0.39, 0.29) is 16.7 Å². The fraction of sp³-hybridized carbons (Fsp3) is 0.350. The highest BCUT2D eigenvalue weighted by Crippen LogP contribution is 2.35. The summed E-state index contributed by atoms with van der Waals surface area (Å²) >= 11 is 3.00. The molecular weight excluding hydrogens is 378 g/mol. The first kappa shape index (κ1) is 17.0. The predicted octanol–water partition coefficient (Wildman–Crippen LogP) is 3.91. The molecule has 0 fully saturated rings. The topological polar surface area (TPSA) is 74.8 Å². The van der Waals surface area contributed by atoms with Gasteiger partial charge >= 0.3 is 0 Å². The second-order valence-electron chi connectivity index (χ2n) is 7.05. The molecule has 138 valence electrons. The lowest BCUT2D eigenvalue weighted by Gasteiger charge is -2.12. The number of amides is 1. The molecule has 0 bridgehead atoms. The number of hydrogen-bond acceptors (Lipinski definition) is 5. The lowest BCUT2D eigenvalue weighted by atomic mass is 9.97. The lowest BCUT2D eigenvalue weighted by molar-refractivity contribution is -0.115. The lowest BCUT2D eigenvalue weighted by Crippen LogP contribution is -2.24. The first-order chi connectivity index (χ1) is 13.2. The van der Waals surface area contributed by atoms with Crippen LogP contribution in [0.2, 0.25) is 0 Å². The summed E-state index contributed by atoms with van der Waals surface area (Å²) in [5, 5.41) is 4.04. The maximum Gasteiger partial charge on any atom is 0.260 e. The number of aromatic nitrogens is 2. The molecule has 1 aromatic carbocycles. The van der Waals surface area contributed by atoms with Crippen molar-refractivity contribution in [1.29, 1.82) is 0 Å². The molecule has 5 nitrogen and oxygen atoms in total. The summed E-state index contributed by atoms with van der Waals surface area (Å²) < 4.78 is 0. The van der Waals surface area contributed by atoms with Gasteiger partial charge in [0.25, 0.3) is 5.56 Å². The molecule has 0 radical (unpaired) electrons. The van der Waals surface area contributed by atoms with Gasteiger partial charge in [-0.2, -0.15) is 0 Å². The van der Waals surface area contributed by atoms with Crippen molar-refractivity contribution in [2.24, 2.45) is 0 Å². The van der Waals surface area contributed by atoms with Crippen LogP contribution in [0, 0.1) is 0 Å². The van der Waals surface area contributed by atoms with E-state index >= 15 is 0 Å². The number of carbonyl (C=O) groups is 1. The number of aromatic amines is 1. The van der Waals surface area contributed by atoms with Crippen molar-refractivity contribution in [1.82, 2.24) is 9.97 Å². The number of nitrogens with zero attached hydrogens (tertiary/aromatic N) is 1. The second-order valence-corrected chi connectivity index (χ2v) is 9.33. The van der Waals surface area contributed by atoms with Crippen LogP contribution in [0.25, 0.3) is 10.2 Å². The summed E-state index contributed by atoms with van der Waals surface area (Å²) in [5.74, 6) is -0.0295. The predicted molar refractivity (Wildman–Crippen MR) is 110 cm³/mol. The number of nitrogens with one attached hydrogen (secondary N) is 2. The van der Waals surface area contributed by atoms with Crippen LogP contribution in [-0.2, 0) is 24.1 Å². The maximum atomic E-state index is 12.7. The summed E-state index contributed by atoms with van der Waals surface area (Å²) in [5.41, 5.74) is 3.15. The van der Waals surface area contributed by atoms with E-state index in [1.54, 1.807) is 11.3 Å². The highest BCUT2D eigenvalue weighted by atomic mass is 32.2. The highest BCUT2D eigenvalue weighted by Gasteiger charge is 2.26. The van der Waals surface area contributed by atoms with Crippen molar-refractivity contribution >= 4 is 44.9 Å². The Kier molecular flexibility index (Phi) is 4.28. The Hall–Kier alpha value is -2.12. The van der Waals surface area contributed by atoms with Gasteiger partial charge in [0.2, 0.25) is 5.91 Å². The molecule has 1 aliphatic heterocycles. The van der Waals surface area contributed by atoms with Crippen molar-refractivity contribution in [3.05, 3.63) is 50.6 Å². The van der Waals surface area contributed by atoms with Crippen LogP contribution in [0.15, 0.2) is 34.2 Å². The third-order valence-electron chi connectivity index (χ3n) is 5.30. The second kappa shape index (κ2) is 6.80. The molecule has 2 aromatic heterocycles. The average Bonchev–Trinajstić information content (AvgIpc) is 2.96. The number of thioether (sulfide) groups is 1. The van der Waals surface area contributed by atoms with E-state index < -0.39 is 0 Å². The van der Waals surface area contributed by atoms with Gasteiger partial charge in [-0.05, 0) is 55.7 Å². The normalized spacial score (nSPS) is 19.3. The number of hydrogen-bond donors (Lipinski definition) is 2. The van der Waals surface area contributed by atoms with Gasteiger partial charge < -0.3 is 10.3 Å². The molecule has 7 heteroatoms. The van der Waals surface area contributed by atoms with Crippen LogP contribution >= 0.6 is 23.1 Å². The molecule has 1 amide bonds. The largest absolute Gasteiger partial charge is 0.325 e. The third kappa shape index (κ3) is 3.08. The van der Waals surface area contributed by atoms with Gasteiger partial charge in [-0.15, -0.1) is 11.3 Å². The molecule has 1 aliphatic carbocycles. The zero-order valence-electron chi connectivity index (χ0n) is 14.7. The van der Waals surface area contributed by atoms with E-state index in [1.165, 1.54) is 28.6 Å². The van der Waals surface area contributed by atoms with Gasteiger partial charge in [0, 0.05) is 10.6 Å². The van der Waals surface area contributed by atoms with Crippen molar-refractivity contribution < 1.29 is 4.79 Å². The van der Waals surface area contributed by atoms with Crippen LogP contribution in [0.3, 0.4) is 0 Å². The summed E-state index contributed by atoms with van der Waals surface area (Å²) in [4.78, 5) is 35.1. The van der Waals surface area contributed by atoms with Crippen LogP contribution in [-0.4, -0.2) is 21.1 Å². The monoisotopic (exact) mass is 397 g/mol. The Morgan fingerprint density at radius 1 is 1.11 bits per heavy atom. The van der Waals surface area contributed by atoms with Crippen LogP contribution in [0.4, 0.5) is 5.69 Å². The molecule has 0 saturated carbocycles. The number of thiophene rings is 1. The van der Waals surface area contributed by atoms with E-state index in [4.69, 9.17) is 4.98 Å². The first-order valence-corrected chi connectivity index (χ1v) is 11.0. The van der Waals surface area contributed by atoms with E-state index in [1.807, 2.05) is 24.3 Å². The van der Waals surface area contributed by atoms with Gasteiger partial charge in [-0.1, -0.05) is 30.0 Å². The fourth-order valence-corrected chi connectivity index (χ4v) is 6.22. The Morgan fingerprint density at radius 3 is 2.89 bits per heavy atom. The summed E-state index contributed by atoms with van der Waals surface area (Å²) in [6, 6.07) is 7.90. The van der Waals surface area contributed by atoms with Gasteiger partial charge in [0.1, 0.15) is 4.83 Å². The highest BCUT2D eigenvalue weighted by molar-refractivity contribution is 8.00. The number of rotatable bonds is 2. The molecule has 2 N–H and O–H groups in total. The Balaban J connectivity index is 1.45. The number of fused-ring (bicyclic) bond motifs is 4. The Bertz CT molecular complexity index is 1100. The van der Waals surface area contributed by atoms with E-state index in [0.29, 0.717) is 5.16 Å². The fourth-order valence-electron chi connectivity index (χ4n) is 3.94. The number of benzene rings is 1. The Morgan fingerprint density at radius 2 is 1.96 bits per heavy atom. The van der Waals surface area contributed by atoms with Gasteiger partial charge in [-0.3, -0.25) is 9.59 Å². The molecule has 27 heavy (non-hydrogen) atoms. The third-order valence-corrected chi connectivity index (χ3v) is 7.64. The minimum absolute atomic E-state index is 0.0295. The van der Waals surface area contributed by atoms with E-state index in [2.05, 4.69) is 10.3 Å². The number of H-pyrrole nitrogens is 1. The Labute approximate surface area is 164 Å². The standard InChI is InChI=1S/C20H19N3O2S2/c24-17-15(10-9-11-5-1-3-7-13(11)21-17)27-20-22-18(25)16-12-6-2-4-8-14(12)26-19(16)23-20/h1,3,5,7,15H,2,4,6,8-10H2,(H,21,24)(H,22,23,25)/t15-/m1/s1. The van der Waals surface area contributed by atoms with Crippen molar-refractivity contribution in [3.63, 3.8) is 0 Å². The SMILES string of the molecule is O=C1Nc2ccccc2CC[C@H]1Sc1nc2sc3c(c2c(=O)[nH]1)CCCC3. The number of anilines is 1. The zero-order chi connectivity index (χ0) is 18.4. The molecule has 1 atom stereocenters. The van der Waals surface area contributed by atoms with Gasteiger partial charge in [0.05, 0.1) is 10.6 Å². The minimum atomic E-state index is -0.271. The zero-order valence-corrected chi connectivity index (χ0v) is 16.3. The number of carbonyl (C=O) groups excluding carboxylic acids is 1. The minimum Gasteiger partial charge on any atom is -0.325 e. The summed E-state index contributed by atoms with van der Waals surface area (Å²) in [6.07, 6.45) is 5.87. The van der Waals surface area contributed by atoms with Crippen molar-refractivity contribution in [3.8, 4) is 0 Å². The maximum absolute atomic E-state index is 12.7. The number of para-hydroxylation sites is 1. The quantitative estimate of drug-likeness (QED) is 0.643. The molecule has 3 heterocycles. The molecule has 0 spiro atoms. The molecule has 0 unspecified atom stereocenters.